The lowest BCUT2D eigenvalue weighted by molar-refractivity contribution is -0.0921. The molecule has 47 heavy (non-hydrogen) atoms. The zero-order chi connectivity index (χ0) is 32.6. The zero-order valence-electron chi connectivity index (χ0n) is 27.8. The van der Waals surface area contributed by atoms with Crippen molar-refractivity contribution in [3.63, 3.8) is 0 Å². The van der Waals surface area contributed by atoms with Crippen LogP contribution in [0.2, 0.25) is 0 Å². The fraction of sp³-hybridized carbons (Fsp3) is 0.487. The predicted molar refractivity (Wildman–Crippen MR) is 184 cm³/mol. The van der Waals surface area contributed by atoms with E-state index in [2.05, 4.69) is 55.1 Å². The molecule has 0 radical (unpaired) electrons. The van der Waals surface area contributed by atoms with Gasteiger partial charge < -0.3 is 37.9 Å². The minimum atomic E-state index is -0.139. The van der Waals surface area contributed by atoms with Crippen molar-refractivity contribution in [3.05, 3.63) is 96.6 Å². The molecule has 1 atom stereocenters. The van der Waals surface area contributed by atoms with Gasteiger partial charge in [-0.25, -0.2) is 0 Å². The number of unbranched alkanes of at least 4 members (excludes halogenated alkanes) is 4. The Morgan fingerprint density at radius 3 is 1.79 bits per heavy atom. The Kier molecular flexibility index (Phi) is 18.0. The van der Waals surface area contributed by atoms with Crippen LogP contribution in [0.5, 0.6) is 11.5 Å². The Hall–Kier alpha value is -3.24. The van der Waals surface area contributed by atoms with Crippen LogP contribution in [-0.2, 0) is 41.6 Å². The zero-order valence-corrected chi connectivity index (χ0v) is 27.8. The summed E-state index contributed by atoms with van der Waals surface area (Å²) in [5.41, 5.74) is 4.48. The van der Waals surface area contributed by atoms with E-state index in [4.69, 9.17) is 37.9 Å². The van der Waals surface area contributed by atoms with Crippen LogP contribution in [0.1, 0.15) is 43.2 Å². The van der Waals surface area contributed by atoms with Crippen LogP contribution in [0.15, 0.2) is 85.5 Å². The van der Waals surface area contributed by atoms with Gasteiger partial charge in [0, 0.05) is 6.61 Å². The highest BCUT2D eigenvalue weighted by atomic mass is 16.6. The molecule has 0 aromatic heterocycles. The quantitative estimate of drug-likeness (QED) is 0.0982. The summed E-state index contributed by atoms with van der Waals surface area (Å²) < 4.78 is 45.8. The van der Waals surface area contributed by atoms with Crippen LogP contribution >= 0.6 is 0 Å². The Balaban J connectivity index is 1.10. The minimum absolute atomic E-state index is 0.139. The smallest absolute Gasteiger partial charge is 0.119 e. The number of ether oxygens (including phenoxy) is 8. The van der Waals surface area contributed by atoms with Gasteiger partial charge in [0.2, 0.25) is 0 Å². The third-order valence-electron chi connectivity index (χ3n) is 7.61. The molecule has 8 heteroatoms. The topological polar surface area (TPSA) is 73.8 Å². The van der Waals surface area contributed by atoms with E-state index < -0.39 is 0 Å². The lowest BCUT2D eigenvalue weighted by Gasteiger charge is -2.19. The van der Waals surface area contributed by atoms with Gasteiger partial charge in [0.1, 0.15) is 24.2 Å². The Morgan fingerprint density at radius 1 is 0.574 bits per heavy atom. The Labute approximate surface area is 280 Å². The molecule has 8 nitrogen and oxygen atoms in total. The third kappa shape index (κ3) is 15.5. The largest absolute Gasteiger partial charge is 0.494 e. The van der Waals surface area contributed by atoms with Crippen LogP contribution in [0.4, 0.5) is 0 Å². The second kappa shape index (κ2) is 23.1. The minimum Gasteiger partial charge on any atom is -0.494 e. The summed E-state index contributed by atoms with van der Waals surface area (Å²) in [6.45, 7) is 11.1. The summed E-state index contributed by atoms with van der Waals surface area (Å²) in [4.78, 5) is 0. The Morgan fingerprint density at radius 2 is 1.13 bits per heavy atom. The van der Waals surface area contributed by atoms with E-state index in [9.17, 15) is 0 Å². The van der Waals surface area contributed by atoms with Gasteiger partial charge in [0.05, 0.1) is 72.7 Å². The maximum Gasteiger partial charge on any atom is 0.119 e. The number of hydrogen-bond acceptors (Lipinski definition) is 8. The van der Waals surface area contributed by atoms with Crippen LogP contribution < -0.4 is 9.47 Å². The summed E-state index contributed by atoms with van der Waals surface area (Å²) in [6, 6.07) is 24.8. The molecule has 1 aliphatic heterocycles. The monoisotopic (exact) mass is 648 g/mol. The maximum absolute atomic E-state index is 6.05. The SMILES string of the molecule is C=CCOCCCCCCCOc1ccc(-c2ccc(OCc3ccc(COCC4COCCOCCOCCO4)cc3)cc2)cc1. The highest BCUT2D eigenvalue weighted by Crippen LogP contribution is 2.25. The summed E-state index contributed by atoms with van der Waals surface area (Å²) in [6.07, 6.45) is 7.41. The van der Waals surface area contributed by atoms with Crippen LogP contribution in [-0.4, -0.2) is 78.8 Å². The maximum atomic E-state index is 6.05. The van der Waals surface area contributed by atoms with E-state index in [1.807, 2.05) is 24.3 Å². The molecule has 3 aromatic rings. The lowest BCUT2D eigenvalue weighted by Crippen LogP contribution is -2.29. The lowest BCUT2D eigenvalue weighted by atomic mass is 10.1. The summed E-state index contributed by atoms with van der Waals surface area (Å²) in [5.74, 6) is 1.74. The van der Waals surface area contributed by atoms with Gasteiger partial charge in [-0.05, 0) is 59.4 Å². The highest BCUT2D eigenvalue weighted by molar-refractivity contribution is 5.64. The van der Waals surface area contributed by atoms with Gasteiger partial charge >= 0.3 is 0 Å². The van der Waals surface area contributed by atoms with E-state index in [1.165, 1.54) is 19.3 Å². The average Bonchev–Trinajstić information content (AvgIpc) is 3.10. The van der Waals surface area contributed by atoms with E-state index in [0.717, 1.165) is 59.8 Å². The summed E-state index contributed by atoms with van der Waals surface area (Å²) in [7, 11) is 0. The van der Waals surface area contributed by atoms with Crippen molar-refractivity contribution in [1.82, 2.24) is 0 Å². The molecule has 1 fully saturated rings. The van der Waals surface area contributed by atoms with Crippen LogP contribution in [0.3, 0.4) is 0 Å². The van der Waals surface area contributed by atoms with Crippen molar-refractivity contribution in [2.24, 2.45) is 0 Å². The molecule has 0 aliphatic carbocycles. The average molecular weight is 649 g/mol. The molecule has 0 spiro atoms. The third-order valence-corrected chi connectivity index (χ3v) is 7.61. The molecule has 1 saturated heterocycles. The molecule has 0 bridgehead atoms. The van der Waals surface area contributed by atoms with Crippen molar-refractivity contribution >= 4 is 0 Å². The predicted octanol–water partition coefficient (Wildman–Crippen LogP) is 7.43. The first-order valence-electron chi connectivity index (χ1n) is 17.0. The van der Waals surface area contributed by atoms with Crippen molar-refractivity contribution in [1.29, 1.82) is 0 Å². The van der Waals surface area contributed by atoms with Crippen LogP contribution in [0, 0.1) is 0 Å². The highest BCUT2D eigenvalue weighted by Gasteiger charge is 2.11. The molecule has 1 unspecified atom stereocenters. The van der Waals surface area contributed by atoms with Gasteiger partial charge in [-0.15, -0.1) is 6.58 Å². The molecule has 1 aliphatic rings. The van der Waals surface area contributed by atoms with Crippen molar-refractivity contribution in [3.8, 4) is 22.6 Å². The van der Waals surface area contributed by atoms with Crippen LogP contribution in [0.25, 0.3) is 11.1 Å². The fourth-order valence-electron chi connectivity index (χ4n) is 4.96. The first kappa shape index (κ1) is 36.6. The number of hydrogen-bond donors (Lipinski definition) is 0. The van der Waals surface area contributed by atoms with Crippen molar-refractivity contribution in [2.75, 3.05) is 72.7 Å². The van der Waals surface area contributed by atoms with Gasteiger partial charge in [-0.2, -0.15) is 0 Å². The fourth-order valence-corrected chi connectivity index (χ4v) is 4.96. The summed E-state index contributed by atoms with van der Waals surface area (Å²) in [5, 5.41) is 0. The van der Waals surface area contributed by atoms with Gasteiger partial charge in [0.25, 0.3) is 0 Å². The van der Waals surface area contributed by atoms with Gasteiger partial charge in [0.15, 0.2) is 0 Å². The summed E-state index contributed by atoms with van der Waals surface area (Å²) >= 11 is 0. The molecule has 0 N–H and O–H groups in total. The molecule has 4 rings (SSSR count). The number of benzene rings is 3. The van der Waals surface area contributed by atoms with Gasteiger partial charge in [-0.3, -0.25) is 0 Å². The van der Waals surface area contributed by atoms with E-state index in [0.29, 0.717) is 72.7 Å². The van der Waals surface area contributed by atoms with Gasteiger partial charge in [-0.1, -0.05) is 73.9 Å². The standard InChI is InChI=1S/C39H52O8/c1-2-20-40-21-6-4-3-5-7-22-45-37-16-12-35(13-17-37)36-14-18-38(19-15-36)47-30-34-10-8-33(9-11-34)29-44-32-39-31-43-26-25-41-23-24-42-27-28-46-39/h2,8-19,39H,1,3-7,20-32H2. The van der Waals surface area contributed by atoms with E-state index in [-0.39, 0.29) is 6.10 Å². The molecule has 3 aromatic carbocycles. The first-order chi connectivity index (χ1) is 23.3. The molecule has 0 saturated carbocycles. The molecule has 1 heterocycles. The van der Waals surface area contributed by atoms with Crippen molar-refractivity contribution < 1.29 is 37.9 Å². The normalized spacial score (nSPS) is 16.1. The first-order valence-corrected chi connectivity index (χ1v) is 17.0. The molecule has 256 valence electrons. The second-order valence-electron chi connectivity index (χ2n) is 11.4. The molecular weight excluding hydrogens is 596 g/mol. The Bertz CT molecular complexity index is 1200. The number of rotatable bonds is 19. The van der Waals surface area contributed by atoms with Crippen molar-refractivity contribution in [2.45, 2.75) is 51.4 Å². The second-order valence-corrected chi connectivity index (χ2v) is 11.4. The van der Waals surface area contributed by atoms with E-state index in [1.54, 1.807) is 6.08 Å². The van der Waals surface area contributed by atoms with E-state index >= 15 is 0 Å². The molecule has 0 amide bonds. The molecular formula is C39H52O8.